The number of aromatic nitrogens is 4. The molecule has 0 radical (unpaired) electrons. The summed E-state index contributed by atoms with van der Waals surface area (Å²) in [4.78, 5) is 27.5. The van der Waals surface area contributed by atoms with Crippen molar-refractivity contribution in [2.45, 2.75) is 50.7 Å². The van der Waals surface area contributed by atoms with Crippen molar-refractivity contribution in [3.8, 4) is 11.3 Å². The molecule has 2 aliphatic rings. The summed E-state index contributed by atoms with van der Waals surface area (Å²) in [6.45, 7) is 2.48. The van der Waals surface area contributed by atoms with Gasteiger partial charge in [-0.25, -0.2) is 9.50 Å². The summed E-state index contributed by atoms with van der Waals surface area (Å²) in [5, 5.41) is 7.51. The van der Waals surface area contributed by atoms with Crippen LogP contribution in [0.5, 0.6) is 0 Å². The number of aliphatic imine (C=N–C) groups is 1. The van der Waals surface area contributed by atoms with E-state index in [-0.39, 0.29) is 30.0 Å². The van der Waals surface area contributed by atoms with Gasteiger partial charge in [-0.15, -0.1) is 5.10 Å². The Morgan fingerprint density at radius 1 is 1.23 bits per heavy atom. The van der Waals surface area contributed by atoms with Gasteiger partial charge in [-0.3, -0.25) is 9.79 Å². The number of anilines is 2. The van der Waals surface area contributed by atoms with Crippen molar-refractivity contribution in [3.05, 3.63) is 30.1 Å². The van der Waals surface area contributed by atoms with Crippen molar-refractivity contribution >= 4 is 34.6 Å². The number of carbonyl (C=O) groups is 1. The molecule has 3 aromatic heterocycles. The van der Waals surface area contributed by atoms with Crippen molar-refractivity contribution in [2.75, 3.05) is 24.6 Å². The van der Waals surface area contributed by atoms with Crippen LogP contribution in [0.1, 0.15) is 44.2 Å². The van der Waals surface area contributed by atoms with Gasteiger partial charge in [0.25, 0.3) is 0 Å². The van der Waals surface area contributed by atoms with Gasteiger partial charge in [-0.05, 0) is 44.4 Å². The Balaban J connectivity index is 1.42. The molecule has 2 atom stereocenters. The quantitative estimate of drug-likeness (QED) is 0.546. The van der Waals surface area contributed by atoms with Crippen LogP contribution in [0.15, 0.2) is 29.4 Å². The Labute approximate surface area is 199 Å². The van der Waals surface area contributed by atoms with Crippen molar-refractivity contribution in [1.29, 1.82) is 0 Å². The number of rotatable bonds is 6. The lowest BCUT2D eigenvalue weighted by Crippen LogP contribution is -2.31. The van der Waals surface area contributed by atoms with E-state index in [4.69, 9.17) is 10.7 Å². The second-order valence-corrected chi connectivity index (χ2v) is 9.00. The maximum absolute atomic E-state index is 12.6. The van der Waals surface area contributed by atoms with Crippen LogP contribution in [0.25, 0.3) is 16.8 Å². The molecule has 3 N–H and O–H groups in total. The summed E-state index contributed by atoms with van der Waals surface area (Å²) in [5.41, 5.74) is 10.3. The maximum Gasteiger partial charge on any atom is 0.389 e. The van der Waals surface area contributed by atoms with E-state index >= 15 is 0 Å². The van der Waals surface area contributed by atoms with Crippen LogP contribution in [-0.4, -0.2) is 61.9 Å². The summed E-state index contributed by atoms with van der Waals surface area (Å²) in [5.74, 6) is 0.192. The Hall–Kier alpha value is -3.70. The van der Waals surface area contributed by atoms with E-state index in [2.05, 4.69) is 20.4 Å². The van der Waals surface area contributed by atoms with Gasteiger partial charge in [0.1, 0.15) is 11.6 Å². The first-order valence-corrected chi connectivity index (χ1v) is 11.4. The molecule has 5 heterocycles. The molecule has 2 aliphatic heterocycles. The minimum Gasteiger partial charge on any atom is -0.382 e. The molecule has 1 unspecified atom stereocenters. The first kappa shape index (κ1) is 23.1. The smallest absolute Gasteiger partial charge is 0.382 e. The largest absolute Gasteiger partial charge is 0.389 e. The monoisotopic (exact) mass is 486 g/mol. The number of alkyl halides is 3. The van der Waals surface area contributed by atoms with Crippen molar-refractivity contribution < 1.29 is 18.0 Å². The van der Waals surface area contributed by atoms with Gasteiger partial charge in [-0.1, -0.05) is 0 Å². The highest BCUT2D eigenvalue weighted by Gasteiger charge is 2.31. The number of carbonyl (C=O) groups excluding carboxylic acids is 1. The van der Waals surface area contributed by atoms with Gasteiger partial charge in [0.05, 0.1) is 17.1 Å². The molecule has 5 rings (SSSR count). The fourth-order valence-corrected chi connectivity index (χ4v) is 4.72. The molecule has 0 bridgehead atoms. The minimum absolute atomic E-state index is 0.0113. The SMILES string of the molecule is CC1=Nc2ccc(-c3ccn4nc(N[C@H]5CCN(C)C5=O)nc(N)c34)nc2C1CCCC(F)(F)F. The topological polar surface area (TPSA) is 114 Å². The molecular formula is C23H25F3N8O. The molecule has 3 aromatic rings. The molecule has 9 nitrogen and oxygen atoms in total. The highest BCUT2D eigenvalue weighted by molar-refractivity contribution is 5.96. The number of nitrogens with two attached hydrogens (primary N) is 1. The summed E-state index contributed by atoms with van der Waals surface area (Å²) in [7, 11) is 1.75. The third-order valence-electron chi connectivity index (χ3n) is 6.53. The third-order valence-corrected chi connectivity index (χ3v) is 6.53. The fourth-order valence-electron chi connectivity index (χ4n) is 4.72. The predicted molar refractivity (Wildman–Crippen MR) is 126 cm³/mol. The van der Waals surface area contributed by atoms with Crippen molar-refractivity contribution in [2.24, 2.45) is 4.99 Å². The highest BCUT2D eigenvalue weighted by atomic mass is 19.4. The molecule has 0 aliphatic carbocycles. The average molecular weight is 487 g/mol. The Bertz CT molecular complexity index is 1330. The van der Waals surface area contributed by atoms with E-state index in [1.54, 1.807) is 22.7 Å². The molecule has 1 saturated heterocycles. The molecule has 12 heteroatoms. The van der Waals surface area contributed by atoms with Crippen LogP contribution in [0.2, 0.25) is 0 Å². The number of pyridine rings is 1. The second kappa shape index (κ2) is 8.51. The molecule has 35 heavy (non-hydrogen) atoms. The fraction of sp³-hybridized carbons (Fsp3) is 0.435. The van der Waals surface area contributed by atoms with E-state index < -0.39 is 18.6 Å². The van der Waals surface area contributed by atoms with Gasteiger partial charge in [0, 0.05) is 43.4 Å². The first-order chi connectivity index (χ1) is 16.6. The Morgan fingerprint density at radius 2 is 2.03 bits per heavy atom. The summed E-state index contributed by atoms with van der Waals surface area (Å²) in [6.07, 6.45) is -2.30. The van der Waals surface area contributed by atoms with Crippen LogP contribution >= 0.6 is 0 Å². The zero-order valence-corrected chi connectivity index (χ0v) is 19.3. The molecule has 184 valence electrons. The third kappa shape index (κ3) is 4.40. The maximum atomic E-state index is 12.6. The minimum atomic E-state index is -4.18. The molecule has 0 aromatic carbocycles. The number of hydrogen-bond donors (Lipinski definition) is 2. The Morgan fingerprint density at radius 3 is 2.74 bits per heavy atom. The highest BCUT2D eigenvalue weighted by Crippen LogP contribution is 2.40. The van der Waals surface area contributed by atoms with Crippen LogP contribution in [0, 0.1) is 0 Å². The standard InChI is InChI=1S/C23H25F3N8O/c1-12-13(4-3-9-23(24,25)26)18-16(28-12)6-5-15(29-18)14-7-11-34-19(14)20(27)31-22(32-34)30-17-8-10-33(2)21(17)35/h5-7,11,13,17H,3-4,8-10H2,1-2H3,(H3,27,30,31,32)/t13?,17-/m0/s1. The zero-order valence-electron chi connectivity index (χ0n) is 19.3. The Kier molecular flexibility index (Phi) is 5.60. The number of nitrogens with one attached hydrogen (secondary N) is 1. The van der Waals surface area contributed by atoms with Gasteiger partial charge >= 0.3 is 6.18 Å². The van der Waals surface area contributed by atoms with Gasteiger partial charge in [-0.2, -0.15) is 18.2 Å². The van der Waals surface area contributed by atoms with E-state index in [9.17, 15) is 18.0 Å². The predicted octanol–water partition coefficient (Wildman–Crippen LogP) is 3.94. The molecule has 0 spiro atoms. The second-order valence-electron chi connectivity index (χ2n) is 9.00. The van der Waals surface area contributed by atoms with Gasteiger partial charge in [0.2, 0.25) is 11.9 Å². The van der Waals surface area contributed by atoms with E-state index in [0.29, 0.717) is 47.5 Å². The van der Waals surface area contributed by atoms with Gasteiger partial charge < -0.3 is 16.0 Å². The lowest BCUT2D eigenvalue weighted by molar-refractivity contribution is -0.135. The van der Waals surface area contributed by atoms with Gasteiger partial charge in [0.15, 0.2) is 5.82 Å². The van der Waals surface area contributed by atoms with Crippen LogP contribution in [0.3, 0.4) is 0 Å². The summed E-state index contributed by atoms with van der Waals surface area (Å²) < 4.78 is 39.5. The van der Waals surface area contributed by atoms with E-state index in [0.717, 1.165) is 5.71 Å². The van der Waals surface area contributed by atoms with Crippen LogP contribution in [0.4, 0.5) is 30.6 Å². The van der Waals surface area contributed by atoms with E-state index in [1.807, 2.05) is 25.1 Å². The molecule has 1 amide bonds. The number of likely N-dealkylation sites (tertiary alicyclic amines) is 1. The summed E-state index contributed by atoms with van der Waals surface area (Å²) in [6, 6.07) is 5.04. The van der Waals surface area contributed by atoms with Crippen LogP contribution in [-0.2, 0) is 4.79 Å². The number of nitrogen functional groups attached to an aromatic ring is 1. The zero-order chi connectivity index (χ0) is 24.9. The molecular weight excluding hydrogens is 461 g/mol. The number of halogens is 3. The number of fused-ring (bicyclic) bond motifs is 2. The molecule has 1 fully saturated rings. The number of likely N-dealkylation sites (N-methyl/N-ethyl adjacent to an activating group) is 1. The lowest BCUT2D eigenvalue weighted by atomic mass is 9.94. The van der Waals surface area contributed by atoms with Crippen molar-refractivity contribution in [3.63, 3.8) is 0 Å². The lowest BCUT2D eigenvalue weighted by Gasteiger charge is -2.14. The van der Waals surface area contributed by atoms with Crippen LogP contribution < -0.4 is 11.1 Å². The number of nitrogens with zero attached hydrogens (tertiary/aromatic N) is 6. The van der Waals surface area contributed by atoms with Crippen molar-refractivity contribution in [1.82, 2.24) is 24.5 Å². The number of amides is 1. The first-order valence-electron chi connectivity index (χ1n) is 11.4. The summed E-state index contributed by atoms with van der Waals surface area (Å²) >= 11 is 0. The molecule has 0 saturated carbocycles. The van der Waals surface area contributed by atoms with E-state index in [1.165, 1.54) is 0 Å². The normalized spacial score (nSPS) is 20.0. The average Bonchev–Trinajstić information content (AvgIpc) is 3.44. The number of hydrogen-bond acceptors (Lipinski definition) is 7.